The third-order valence-corrected chi connectivity index (χ3v) is 5.54. The summed E-state index contributed by atoms with van der Waals surface area (Å²) in [6.45, 7) is 2.48. The first-order valence-electron chi connectivity index (χ1n) is 7.92. The highest BCUT2D eigenvalue weighted by Gasteiger charge is 2.26. The van der Waals surface area contributed by atoms with Crippen molar-refractivity contribution < 1.29 is 4.79 Å². The molecule has 124 valence electrons. The van der Waals surface area contributed by atoms with Crippen LogP contribution in [0.15, 0.2) is 23.3 Å². The lowest BCUT2D eigenvalue weighted by Crippen LogP contribution is -2.38. The molecule has 0 bridgehead atoms. The minimum absolute atomic E-state index is 0.295. The fourth-order valence-electron chi connectivity index (χ4n) is 3.04. The minimum atomic E-state index is 0.295. The molecule has 23 heavy (non-hydrogen) atoms. The number of amides is 1. The van der Waals surface area contributed by atoms with Gasteiger partial charge in [-0.05, 0) is 19.1 Å². The molecule has 2 aromatic rings. The minimum Gasteiger partial charge on any atom is -0.343 e. The molecule has 1 fully saturated rings. The van der Waals surface area contributed by atoms with Crippen molar-refractivity contribution >= 4 is 29.0 Å². The number of thioether (sulfide) groups is 1. The summed E-state index contributed by atoms with van der Waals surface area (Å²) in [4.78, 5) is 23.1. The van der Waals surface area contributed by atoms with Crippen LogP contribution < -0.4 is 0 Å². The first kappa shape index (κ1) is 16.5. The highest BCUT2D eigenvalue weighted by Crippen LogP contribution is 2.27. The molecule has 0 unspecified atom stereocenters. The molecular weight excluding hydrogens is 328 g/mol. The second kappa shape index (κ2) is 7.97. The lowest BCUT2D eigenvalue weighted by molar-refractivity contribution is -0.131. The number of imidazole rings is 1. The second-order valence-corrected chi connectivity index (χ2v) is 7.50. The molecule has 0 radical (unpaired) electrons. The van der Waals surface area contributed by atoms with Crippen LogP contribution in [0.25, 0.3) is 0 Å². The van der Waals surface area contributed by atoms with Crippen LogP contribution in [-0.4, -0.2) is 50.4 Å². The number of rotatable bonds is 6. The van der Waals surface area contributed by atoms with Crippen LogP contribution in [0.2, 0.25) is 0 Å². The van der Waals surface area contributed by atoms with Gasteiger partial charge < -0.3 is 9.47 Å². The monoisotopic (exact) mass is 350 g/mol. The molecule has 0 atom stereocenters. The molecule has 0 spiro atoms. The number of carbonyl (C=O) groups is 1. The average Bonchev–Trinajstić information content (AvgIpc) is 3.25. The predicted octanol–water partition coefficient (Wildman–Crippen LogP) is 2.85. The first-order chi connectivity index (χ1) is 11.3. The predicted molar refractivity (Wildman–Crippen MR) is 95.0 cm³/mol. The van der Waals surface area contributed by atoms with Gasteiger partial charge in [-0.3, -0.25) is 4.79 Å². The third-order valence-electron chi connectivity index (χ3n) is 4.30. The van der Waals surface area contributed by atoms with Crippen LogP contribution in [0.3, 0.4) is 0 Å². The van der Waals surface area contributed by atoms with Crippen LogP contribution in [-0.2, 0) is 11.3 Å². The van der Waals surface area contributed by atoms with E-state index < -0.39 is 0 Å². The van der Waals surface area contributed by atoms with Crippen molar-refractivity contribution in [2.24, 2.45) is 0 Å². The summed E-state index contributed by atoms with van der Waals surface area (Å²) in [6, 6.07) is 0. The van der Waals surface area contributed by atoms with Gasteiger partial charge in [-0.25, -0.2) is 9.97 Å². The molecule has 2 aromatic heterocycles. The van der Waals surface area contributed by atoms with Gasteiger partial charge in [0.05, 0.1) is 17.7 Å². The highest BCUT2D eigenvalue weighted by molar-refractivity contribution is 7.98. The van der Waals surface area contributed by atoms with Crippen molar-refractivity contribution in [1.29, 1.82) is 0 Å². The van der Waals surface area contributed by atoms with E-state index in [1.165, 1.54) is 0 Å². The molecule has 3 rings (SSSR count). The lowest BCUT2D eigenvalue weighted by atomic mass is 9.95. The smallest absolute Gasteiger partial charge is 0.223 e. The van der Waals surface area contributed by atoms with Crippen molar-refractivity contribution in [3.05, 3.63) is 34.8 Å². The number of hydrogen-bond donors (Lipinski definition) is 0. The molecular formula is C16H22N4OS2. The summed E-state index contributed by atoms with van der Waals surface area (Å²) in [5, 5.41) is 2.08. The fraction of sp³-hybridized carbons (Fsp3) is 0.562. The first-order valence-corrected chi connectivity index (χ1v) is 10.3. The van der Waals surface area contributed by atoms with E-state index in [9.17, 15) is 4.79 Å². The van der Waals surface area contributed by atoms with Gasteiger partial charge in [0.1, 0.15) is 5.82 Å². The van der Waals surface area contributed by atoms with Gasteiger partial charge in [0.25, 0.3) is 0 Å². The number of nitrogens with zero attached hydrogens (tertiary/aromatic N) is 4. The zero-order valence-electron chi connectivity index (χ0n) is 13.4. The standard InChI is InChI=1S/C16H22N4OS2/c1-22-9-4-15(21)19-6-2-13(3-7-19)16-17-5-8-20(16)10-14-11-23-12-18-14/h5,8,11-13H,2-4,6-7,9-10H2,1H3. The summed E-state index contributed by atoms with van der Waals surface area (Å²) in [7, 11) is 0. The molecule has 1 saturated heterocycles. The van der Waals surface area contributed by atoms with E-state index in [-0.39, 0.29) is 0 Å². The molecule has 5 nitrogen and oxygen atoms in total. The van der Waals surface area contributed by atoms with Crippen LogP contribution in [0.5, 0.6) is 0 Å². The van der Waals surface area contributed by atoms with Gasteiger partial charge in [-0.15, -0.1) is 11.3 Å². The second-order valence-electron chi connectivity index (χ2n) is 5.79. The molecule has 7 heteroatoms. The topological polar surface area (TPSA) is 51.0 Å². The molecule has 0 aliphatic carbocycles. The molecule has 1 aliphatic rings. The van der Waals surface area contributed by atoms with Gasteiger partial charge in [-0.1, -0.05) is 0 Å². The molecule has 0 aromatic carbocycles. The van der Waals surface area contributed by atoms with Crippen LogP contribution in [0, 0.1) is 0 Å². The normalized spacial score (nSPS) is 16.0. The fourth-order valence-corrected chi connectivity index (χ4v) is 3.97. The van der Waals surface area contributed by atoms with Gasteiger partial charge >= 0.3 is 0 Å². The van der Waals surface area contributed by atoms with E-state index in [4.69, 9.17) is 0 Å². The van der Waals surface area contributed by atoms with Gasteiger partial charge in [0.15, 0.2) is 0 Å². The number of thiazole rings is 1. The molecule has 1 aliphatic heterocycles. The summed E-state index contributed by atoms with van der Waals surface area (Å²) in [6.07, 6.45) is 8.60. The maximum atomic E-state index is 12.1. The Balaban J connectivity index is 1.58. The summed E-state index contributed by atoms with van der Waals surface area (Å²) >= 11 is 3.35. The average molecular weight is 351 g/mol. The largest absolute Gasteiger partial charge is 0.343 e. The van der Waals surface area contributed by atoms with Crippen molar-refractivity contribution in [3.8, 4) is 0 Å². The third kappa shape index (κ3) is 4.14. The maximum Gasteiger partial charge on any atom is 0.223 e. The number of aromatic nitrogens is 3. The summed E-state index contributed by atoms with van der Waals surface area (Å²) < 4.78 is 2.20. The van der Waals surface area contributed by atoms with E-state index in [0.29, 0.717) is 18.2 Å². The molecule has 3 heterocycles. The summed E-state index contributed by atoms with van der Waals surface area (Å²) in [5.74, 6) is 2.78. The van der Waals surface area contributed by atoms with Crippen molar-refractivity contribution in [3.63, 3.8) is 0 Å². The highest BCUT2D eigenvalue weighted by atomic mass is 32.2. The Hall–Kier alpha value is -1.34. The van der Waals surface area contributed by atoms with Crippen molar-refractivity contribution in [1.82, 2.24) is 19.4 Å². The quantitative estimate of drug-likeness (QED) is 0.804. The van der Waals surface area contributed by atoms with Crippen LogP contribution >= 0.6 is 23.1 Å². The maximum absolute atomic E-state index is 12.1. The molecule has 0 saturated carbocycles. The summed E-state index contributed by atoms with van der Waals surface area (Å²) in [5.41, 5.74) is 2.95. The van der Waals surface area contributed by atoms with E-state index >= 15 is 0 Å². The zero-order chi connectivity index (χ0) is 16.1. The Bertz CT molecular complexity index is 618. The Morgan fingerprint density at radius 2 is 2.22 bits per heavy atom. The van der Waals surface area contributed by atoms with Crippen molar-refractivity contribution in [2.75, 3.05) is 25.1 Å². The number of carbonyl (C=O) groups excluding carboxylic acids is 1. The number of likely N-dealkylation sites (tertiary alicyclic amines) is 1. The van der Waals surface area contributed by atoms with E-state index in [1.807, 2.05) is 29.1 Å². The van der Waals surface area contributed by atoms with E-state index in [2.05, 4.69) is 19.9 Å². The number of piperidine rings is 1. The Morgan fingerprint density at radius 1 is 1.39 bits per heavy atom. The van der Waals surface area contributed by atoms with E-state index in [1.54, 1.807) is 23.1 Å². The van der Waals surface area contributed by atoms with Crippen molar-refractivity contribution in [2.45, 2.75) is 31.7 Å². The van der Waals surface area contributed by atoms with E-state index in [0.717, 1.165) is 49.7 Å². The van der Waals surface area contributed by atoms with Crippen LogP contribution in [0.4, 0.5) is 0 Å². The Kier molecular flexibility index (Phi) is 5.72. The van der Waals surface area contributed by atoms with Gasteiger partial charge in [0.2, 0.25) is 5.91 Å². The van der Waals surface area contributed by atoms with Crippen LogP contribution in [0.1, 0.15) is 36.7 Å². The Morgan fingerprint density at radius 3 is 2.91 bits per heavy atom. The number of hydrogen-bond acceptors (Lipinski definition) is 5. The molecule has 0 N–H and O–H groups in total. The lowest BCUT2D eigenvalue weighted by Gasteiger charge is -2.32. The van der Waals surface area contributed by atoms with Gasteiger partial charge in [-0.2, -0.15) is 11.8 Å². The molecule has 1 amide bonds. The Labute approximate surface area is 145 Å². The van der Waals surface area contributed by atoms with Gasteiger partial charge in [0, 0.05) is 49.0 Å². The zero-order valence-corrected chi connectivity index (χ0v) is 15.0. The SMILES string of the molecule is CSCCC(=O)N1CCC(c2nccn2Cc2cscn2)CC1.